The second-order valence-corrected chi connectivity index (χ2v) is 7.26. The van der Waals surface area contributed by atoms with E-state index in [1.54, 1.807) is 0 Å². The molecule has 6 aromatic carbocycles. The number of nitrogen functional groups attached to an aromatic ring is 1. The van der Waals surface area contributed by atoms with E-state index in [1.807, 2.05) is 6.07 Å². The molecule has 6 rings (SSSR count). The Hall–Kier alpha value is -3.58. The topological polar surface area (TPSA) is 26.0 Å². The highest BCUT2D eigenvalue weighted by Gasteiger charge is 2.13. The quantitative estimate of drug-likeness (QED) is 0.253. The largest absolute Gasteiger partial charge is 0.398 e. The zero-order chi connectivity index (χ0) is 18.0. The SMILES string of the molecule is Nc1ccc2ccccc2c1-c1cc2ccc3cccc4ccc(c1)c2c34. The van der Waals surface area contributed by atoms with Crippen LogP contribution < -0.4 is 5.73 Å². The van der Waals surface area contributed by atoms with Crippen molar-refractivity contribution < 1.29 is 0 Å². The number of fused-ring (bicyclic) bond motifs is 1. The third-order valence-corrected chi connectivity index (χ3v) is 5.71. The number of hydrogen-bond acceptors (Lipinski definition) is 1. The van der Waals surface area contributed by atoms with E-state index in [9.17, 15) is 0 Å². The summed E-state index contributed by atoms with van der Waals surface area (Å²) in [6.07, 6.45) is 0. The smallest absolute Gasteiger partial charge is 0.0400 e. The van der Waals surface area contributed by atoms with E-state index in [2.05, 4.69) is 84.9 Å². The minimum Gasteiger partial charge on any atom is -0.398 e. The minimum atomic E-state index is 0.821. The Bertz CT molecular complexity index is 1410. The highest BCUT2D eigenvalue weighted by atomic mass is 14.6. The highest BCUT2D eigenvalue weighted by Crippen LogP contribution is 2.40. The van der Waals surface area contributed by atoms with Crippen LogP contribution in [0.15, 0.2) is 91.0 Å². The van der Waals surface area contributed by atoms with Gasteiger partial charge in [0, 0.05) is 11.3 Å². The van der Waals surface area contributed by atoms with Gasteiger partial charge >= 0.3 is 0 Å². The summed E-state index contributed by atoms with van der Waals surface area (Å²) in [5.41, 5.74) is 9.56. The summed E-state index contributed by atoms with van der Waals surface area (Å²) in [4.78, 5) is 0. The molecule has 0 amide bonds. The van der Waals surface area contributed by atoms with Gasteiger partial charge in [-0.05, 0) is 66.9 Å². The molecular formula is C26H17N. The first-order chi connectivity index (χ1) is 13.3. The van der Waals surface area contributed by atoms with E-state index in [-0.39, 0.29) is 0 Å². The van der Waals surface area contributed by atoms with Crippen LogP contribution in [-0.2, 0) is 0 Å². The molecule has 2 N–H and O–H groups in total. The number of benzene rings is 6. The fraction of sp³-hybridized carbons (Fsp3) is 0. The van der Waals surface area contributed by atoms with Gasteiger partial charge < -0.3 is 5.73 Å². The van der Waals surface area contributed by atoms with Crippen LogP contribution in [0, 0.1) is 0 Å². The van der Waals surface area contributed by atoms with Crippen molar-refractivity contribution in [2.45, 2.75) is 0 Å². The molecule has 0 radical (unpaired) electrons. The van der Waals surface area contributed by atoms with Crippen LogP contribution in [-0.4, -0.2) is 0 Å². The Balaban J connectivity index is 1.77. The van der Waals surface area contributed by atoms with Gasteiger partial charge in [0.2, 0.25) is 0 Å². The zero-order valence-corrected chi connectivity index (χ0v) is 14.7. The molecule has 0 spiro atoms. The lowest BCUT2D eigenvalue weighted by Crippen LogP contribution is -1.92. The summed E-state index contributed by atoms with van der Waals surface area (Å²) in [5, 5.41) is 10.2. The van der Waals surface area contributed by atoms with Gasteiger partial charge in [-0.2, -0.15) is 0 Å². The standard InChI is InChI=1S/C26H17N/c27-23-13-12-16-4-1-2-7-22(16)26(23)21-14-19-10-8-17-5-3-6-18-9-11-20(15-21)25(19)24(17)18/h1-15H,27H2. The summed E-state index contributed by atoms with van der Waals surface area (Å²) in [6.45, 7) is 0. The number of rotatable bonds is 1. The molecule has 0 atom stereocenters. The third-order valence-electron chi connectivity index (χ3n) is 5.71. The molecule has 0 aliphatic rings. The average Bonchev–Trinajstić information content (AvgIpc) is 2.71. The predicted molar refractivity (Wildman–Crippen MR) is 118 cm³/mol. The Morgan fingerprint density at radius 1 is 0.481 bits per heavy atom. The van der Waals surface area contributed by atoms with Gasteiger partial charge in [-0.3, -0.25) is 0 Å². The van der Waals surface area contributed by atoms with Crippen molar-refractivity contribution in [1.82, 2.24) is 0 Å². The molecule has 0 aromatic heterocycles. The number of anilines is 1. The monoisotopic (exact) mass is 343 g/mol. The molecule has 0 aliphatic heterocycles. The molecule has 0 heterocycles. The van der Waals surface area contributed by atoms with Crippen LogP contribution in [0.4, 0.5) is 5.69 Å². The maximum Gasteiger partial charge on any atom is 0.0400 e. The zero-order valence-electron chi connectivity index (χ0n) is 14.7. The molecule has 1 heteroatoms. The summed E-state index contributed by atoms with van der Waals surface area (Å²) in [5.74, 6) is 0. The number of hydrogen-bond donors (Lipinski definition) is 1. The summed E-state index contributed by atoms with van der Waals surface area (Å²) >= 11 is 0. The number of nitrogens with two attached hydrogens (primary N) is 1. The Kier molecular flexibility index (Phi) is 2.81. The summed E-state index contributed by atoms with van der Waals surface area (Å²) in [7, 11) is 0. The van der Waals surface area contributed by atoms with Gasteiger partial charge in [-0.15, -0.1) is 0 Å². The van der Waals surface area contributed by atoms with Crippen molar-refractivity contribution in [3.05, 3.63) is 91.0 Å². The first-order valence-electron chi connectivity index (χ1n) is 9.25. The van der Waals surface area contributed by atoms with E-state index in [1.165, 1.54) is 48.7 Å². The van der Waals surface area contributed by atoms with Crippen LogP contribution in [0.25, 0.3) is 54.2 Å². The van der Waals surface area contributed by atoms with Gasteiger partial charge in [0.1, 0.15) is 0 Å². The Morgan fingerprint density at radius 2 is 1.04 bits per heavy atom. The van der Waals surface area contributed by atoms with E-state index in [4.69, 9.17) is 5.73 Å². The van der Waals surface area contributed by atoms with Crippen molar-refractivity contribution in [3.63, 3.8) is 0 Å². The van der Waals surface area contributed by atoms with Crippen LogP contribution in [0.1, 0.15) is 0 Å². The molecule has 0 unspecified atom stereocenters. The molecule has 6 aromatic rings. The fourth-order valence-corrected chi connectivity index (χ4v) is 4.51. The second-order valence-electron chi connectivity index (χ2n) is 7.26. The molecule has 126 valence electrons. The normalized spacial score (nSPS) is 11.9. The molecule has 27 heavy (non-hydrogen) atoms. The van der Waals surface area contributed by atoms with Crippen molar-refractivity contribution in [2.75, 3.05) is 5.73 Å². The van der Waals surface area contributed by atoms with Crippen LogP contribution in [0.3, 0.4) is 0 Å². The third kappa shape index (κ3) is 2.00. The molecule has 0 fully saturated rings. The summed E-state index contributed by atoms with van der Waals surface area (Å²) < 4.78 is 0. The second kappa shape index (κ2) is 5.21. The fourth-order valence-electron chi connectivity index (χ4n) is 4.51. The van der Waals surface area contributed by atoms with Gasteiger partial charge in [0.15, 0.2) is 0 Å². The molecule has 0 bridgehead atoms. The van der Waals surface area contributed by atoms with Gasteiger partial charge in [0.05, 0.1) is 0 Å². The summed E-state index contributed by atoms with van der Waals surface area (Å²) in [6, 6.07) is 32.6. The molecule has 1 nitrogen and oxygen atoms in total. The molecule has 0 saturated carbocycles. The Labute approximate surface area is 157 Å². The van der Waals surface area contributed by atoms with Gasteiger partial charge in [0.25, 0.3) is 0 Å². The molecule has 0 aliphatic carbocycles. The Morgan fingerprint density at radius 3 is 1.78 bits per heavy atom. The first kappa shape index (κ1) is 14.6. The van der Waals surface area contributed by atoms with Gasteiger partial charge in [-0.1, -0.05) is 72.8 Å². The van der Waals surface area contributed by atoms with Crippen LogP contribution in [0.5, 0.6) is 0 Å². The first-order valence-corrected chi connectivity index (χ1v) is 9.25. The highest BCUT2D eigenvalue weighted by molar-refractivity contribution is 6.24. The maximum absolute atomic E-state index is 6.44. The van der Waals surface area contributed by atoms with E-state index in [0.29, 0.717) is 0 Å². The maximum atomic E-state index is 6.44. The average molecular weight is 343 g/mol. The van der Waals surface area contributed by atoms with Gasteiger partial charge in [-0.25, -0.2) is 0 Å². The van der Waals surface area contributed by atoms with Crippen molar-refractivity contribution in [2.24, 2.45) is 0 Å². The van der Waals surface area contributed by atoms with Crippen molar-refractivity contribution in [1.29, 1.82) is 0 Å². The lowest BCUT2D eigenvalue weighted by Gasteiger charge is -2.15. The predicted octanol–water partition coefficient (Wildman–Crippen LogP) is 6.99. The van der Waals surface area contributed by atoms with E-state index >= 15 is 0 Å². The van der Waals surface area contributed by atoms with Crippen LogP contribution >= 0.6 is 0 Å². The van der Waals surface area contributed by atoms with Crippen molar-refractivity contribution in [3.8, 4) is 11.1 Å². The van der Waals surface area contributed by atoms with E-state index in [0.717, 1.165) is 11.3 Å². The lowest BCUT2D eigenvalue weighted by molar-refractivity contribution is 1.68. The molecular weight excluding hydrogens is 326 g/mol. The minimum absolute atomic E-state index is 0.821. The van der Waals surface area contributed by atoms with E-state index < -0.39 is 0 Å². The van der Waals surface area contributed by atoms with Crippen molar-refractivity contribution >= 4 is 48.8 Å². The van der Waals surface area contributed by atoms with Crippen LogP contribution in [0.2, 0.25) is 0 Å². The lowest BCUT2D eigenvalue weighted by atomic mass is 9.89. The molecule has 0 saturated heterocycles.